The highest BCUT2D eigenvalue weighted by atomic mass is 32.1. The molecule has 0 saturated carbocycles. The van der Waals surface area contributed by atoms with E-state index in [0.717, 1.165) is 21.8 Å². The van der Waals surface area contributed by atoms with Crippen LogP contribution in [0.5, 0.6) is 0 Å². The van der Waals surface area contributed by atoms with Crippen LogP contribution in [0.25, 0.3) is 32.9 Å². The van der Waals surface area contributed by atoms with E-state index in [0.29, 0.717) is 22.4 Å². The molecule has 7 heteroatoms. The molecular weight excluding hydrogens is 384 g/mol. The number of aromatic nitrogens is 3. The highest BCUT2D eigenvalue weighted by Gasteiger charge is 2.11. The Labute approximate surface area is 169 Å². The van der Waals surface area contributed by atoms with Gasteiger partial charge in [0.15, 0.2) is 12.0 Å². The zero-order valence-corrected chi connectivity index (χ0v) is 15.9. The molecule has 3 aromatic heterocycles. The summed E-state index contributed by atoms with van der Waals surface area (Å²) in [6.45, 7) is 0. The van der Waals surface area contributed by atoms with E-state index in [-0.39, 0.29) is 5.91 Å². The lowest BCUT2D eigenvalue weighted by Gasteiger charge is -2.07. The highest BCUT2D eigenvalue weighted by molar-refractivity contribution is 7.13. The van der Waals surface area contributed by atoms with E-state index in [1.54, 1.807) is 41.9 Å². The summed E-state index contributed by atoms with van der Waals surface area (Å²) in [5.74, 6) is -0.207. The average molecular weight is 398 g/mol. The van der Waals surface area contributed by atoms with Gasteiger partial charge in [0.25, 0.3) is 5.91 Å². The first-order chi connectivity index (χ1) is 14.3. The van der Waals surface area contributed by atoms with Gasteiger partial charge >= 0.3 is 0 Å². The summed E-state index contributed by atoms with van der Waals surface area (Å²) >= 11 is 1.56. The van der Waals surface area contributed by atoms with Crippen LogP contribution in [0.4, 0.5) is 5.69 Å². The fourth-order valence-corrected chi connectivity index (χ4v) is 3.81. The number of rotatable bonds is 4. The van der Waals surface area contributed by atoms with E-state index in [2.05, 4.69) is 15.3 Å². The maximum absolute atomic E-state index is 12.6. The molecule has 140 valence electrons. The molecule has 3 heterocycles. The van der Waals surface area contributed by atoms with Crippen LogP contribution in [0.1, 0.15) is 10.4 Å². The van der Waals surface area contributed by atoms with Gasteiger partial charge in [-0.05, 0) is 42.5 Å². The number of pyridine rings is 1. The topological polar surface area (TPSA) is 80.9 Å². The summed E-state index contributed by atoms with van der Waals surface area (Å²) in [5.41, 5.74) is 5.29. The molecule has 5 aromatic rings. The van der Waals surface area contributed by atoms with E-state index in [9.17, 15) is 4.79 Å². The van der Waals surface area contributed by atoms with E-state index in [4.69, 9.17) is 9.40 Å². The third kappa shape index (κ3) is 3.51. The number of benzene rings is 2. The van der Waals surface area contributed by atoms with Crippen molar-refractivity contribution < 1.29 is 9.21 Å². The average Bonchev–Trinajstić information content (AvgIpc) is 3.44. The highest BCUT2D eigenvalue weighted by Crippen LogP contribution is 2.29. The zero-order valence-electron chi connectivity index (χ0n) is 15.1. The molecule has 0 radical (unpaired) electrons. The molecule has 0 aliphatic heterocycles. The second kappa shape index (κ2) is 7.29. The van der Waals surface area contributed by atoms with Gasteiger partial charge in [-0.25, -0.2) is 9.97 Å². The first-order valence-corrected chi connectivity index (χ1v) is 9.75. The van der Waals surface area contributed by atoms with E-state index < -0.39 is 0 Å². The Kier molecular flexibility index (Phi) is 4.34. The number of hydrogen-bond donors (Lipinski definition) is 1. The SMILES string of the molecule is O=C(Nc1cccc(-c2csc(-c3cccnc3)n2)c1)c1ccc2ocnc2c1. The van der Waals surface area contributed by atoms with Gasteiger partial charge in [0.05, 0.1) is 5.69 Å². The summed E-state index contributed by atoms with van der Waals surface area (Å²) in [6.07, 6.45) is 4.90. The number of anilines is 1. The van der Waals surface area contributed by atoms with Gasteiger partial charge in [0.1, 0.15) is 10.5 Å². The quantitative estimate of drug-likeness (QED) is 0.446. The molecule has 0 saturated heterocycles. The smallest absolute Gasteiger partial charge is 0.255 e. The van der Waals surface area contributed by atoms with Gasteiger partial charge in [-0.15, -0.1) is 11.3 Å². The van der Waals surface area contributed by atoms with Gasteiger partial charge in [-0.1, -0.05) is 12.1 Å². The van der Waals surface area contributed by atoms with Crippen molar-refractivity contribution in [2.24, 2.45) is 0 Å². The van der Waals surface area contributed by atoms with Crippen molar-refractivity contribution in [3.63, 3.8) is 0 Å². The molecule has 1 amide bonds. The van der Waals surface area contributed by atoms with Crippen molar-refractivity contribution in [1.82, 2.24) is 15.0 Å². The Morgan fingerprint density at radius 3 is 2.86 bits per heavy atom. The van der Waals surface area contributed by atoms with Crippen LogP contribution in [0, 0.1) is 0 Å². The molecule has 0 atom stereocenters. The Hall–Kier alpha value is -3.84. The number of carbonyl (C=O) groups is 1. The van der Waals surface area contributed by atoms with Crippen molar-refractivity contribution in [2.75, 3.05) is 5.32 Å². The van der Waals surface area contributed by atoms with Crippen molar-refractivity contribution in [2.45, 2.75) is 0 Å². The maximum Gasteiger partial charge on any atom is 0.255 e. The largest absolute Gasteiger partial charge is 0.443 e. The molecule has 6 nitrogen and oxygen atoms in total. The molecule has 2 aromatic carbocycles. The second-order valence-corrected chi connectivity index (χ2v) is 7.21. The summed E-state index contributed by atoms with van der Waals surface area (Å²) in [5, 5.41) is 5.84. The Bertz CT molecular complexity index is 1310. The Balaban J connectivity index is 1.38. The first-order valence-electron chi connectivity index (χ1n) is 8.87. The van der Waals surface area contributed by atoms with Gasteiger partial charge in [-0.3, -0.25) is 9.78 Å². The van der Waals surface area contributed by atoms with Crippen molar-refractivity contribution in [3.05, 3.63) is 84.3 Å². The molecule has 0 aliphatic rings. The van der Waals surface area contributed by atoms with E-state index in [1.165, 1.54) is 6.39 Å². The lowest BCUT2D eigenvalue weighted by Crippen LogP contribution is -2.11. The number of carbonyl (C=O) groups excluding carboxylic acids is 1. The van der Waals surface area contributed by atoms with Crippen LogP contribution in [0.15, 0.2) is 83.2 Å². The third-order valence-electron chi connectivity index (χ3n) is 4.42. The maximum atomic E-state index is 12.6. The van der Waals surface area contributed by atoms with Crippen LogP contribution in [0.2, 0.25) is 0 Å². The number of fused-ring (bicyclic) bond motifs is 1. The molecule has 1 N–H and O–H groups in total. The number of oxazole rings is 1. The number of nitrogens with zero attached hydrogens (tertiary/aromatic N) is 3. The van der Waals surface area contributed by atoms with E-state index >= 15 is 0 Å². The molecule has 0 aliphatic carbocycles. The molecule has 0 unspecified atom stereocenters. The van der Waals surface area contributed by atoms with Crippen molar-refractivity contribution >= 4 is 34.0 Å². The molecule has 29 heavy (non-hydrogen) atoms. The normalized spacial score (nSPS) is 10.9. The summed E-state index contributed by atoms with van der Waals surface area (Å²) in [4.78, 5) is 25.6. The van der Waals surface area contributed by atoms with Crippen molar-refractivity contribution in [1.29, 1.82) is 0 Å². The molecule has 0 bridgehead atoms. The fourth-order valence-electron chi connectivity index (χ4n) is 2.99. The standard InChI is InChI=1S/C22H14N4O2S/c27-21(15-6-7-20-18(10-15)24-13-28-20)25-17-5-1-3-14(9-17)19-12-29-22(26-19)16-4-2-8-23-11-16/h1-13H,(H,25,27). The van der Waals surface area contributed by atoms with Crippen LogP contribution < -0.4 is 5.32 Å². The van der Waals surface area contributed by atoms with Gasteiger partial charge in [0, 0.05) is 40.2 Å². The van der Waals surface area contributed by atoms with Crippen LogP contribution in [-0.2, 0) is 0 Å². The number of hydrogen-bond acceptors (Lipinski definition) is 6. The van der Waals surface area contributed by atoms with Gasteiger partial charge < -0.3 is 9.73 Å². The number of amides is 1. The van der Waals surface area contributed by atoms with Gasteiger partial charge in [-0.2, -0.15) is 0 Å². The Morgan fingerprint density at radius 2 is 1.97 bits per heavy atom. The minimum absolute atomic E-state index is 0.207. The number of thiazole rings is 1. The van der Waals surface area contributed by atoms with Crippen molar-refractivity contribution in [3.8, 4) is 21.8 Å². The molecule has 0 spiro atoms. The van der Waals surface area contributed by atoms with Crippen LogP contribution in [-0.4, -0.2) is 20.9 Å². The monoisotopic (exact) mass is 398 g/mol. The van der Waals surface area contributed by atoms with E-state index in [1.807, 2.05) is 41.8 Å². The number of nitrogens with one attached hydrogen (secondary N) is 1. The predicted octanol–water partition coefficient (Wildman–Crippen LogP) is 5.27. The summed E-state index contributed by atoms with van der Waals surface area (Å²) in [6, 6.07) is 16.7. The summed E-state index contributed by atoms with van der Waals surface area (Å²) < 4.78 is 5.22. The molecule has 5 rings (SSSR count). The minimum atomic E-state index is -0.207. The minimum Gasteiger partial charge on any atom is -0.443 e. The Morgan fingerprint density at radius 1 is 1.03 bits per heavy atom. The second-order valence-electron chi connectivity index (χ2n) is 6.35. The molecule has 0 fully saturated rings. The fraction of sp³-hybridized carbons (Fsp3) is 0. The lowest BCUT2D eigenvalue weighted by atomic mass is 10.1. The van der Waals surface area contributed by atoms with Crippen LogP contribution in [0.3, 0.4) is 0 Å². The first kappa shape index (κ1) is 17.3. The van der Waals surface area contributed by atoms with Gasteiger partial charge in [0.2, 0.25) is 0 Å². The lowest BCUT2D eigenvalue weighted by molar-refractivity contribution is 0.102. The zero-order chi connectivity index (χ0) is 19.6. The predicted molar refractivity (Wildman–Crippen MR) is 113 cm³/mol. The summed E-state index contributed by atoms with van der Waals surface area (Å²) in [7, 11) is 0. The third-order valence-corrected chi connectivity index (χ3v) is 5.31. The molecular formula is C22H14N4O2S. The van der Waals surface area contributed by atoms with Crippen LogP contribution >= 0.6 is 11.3 Å².